The summed E-state index contributed by atoms with van der Waals surface area (Å²) in [5.74, 6) is 0. The van der Waals surface area contributed by atoms with Crippen LogP contribution in [0.4, 0.5) is 0 Å². The lowest BCUT2D eigenvalue weighted by Gasteiger charge is -2.35. The van der Waals surface area contributed by atoms with Crippen molar-refractivity contribution in [3.63, 3.8) is 0 Å². The molecule has 0 aromatic heterocycles. The first-order valence-electron chi connectivity index (χ1n) is 5.82. The van der Waals surface area contributed by atoms with Crippen molar-refractivity contribution in [1.82, 2.24) is 4.90 Å². The lowest BCUT2D eigenvalue weighted by molar-refractivity contribution is 0.0206. The summed E-state index contributed by atoms with van der Waals surface area (Å²) in [7, 11) is 1.77. The average molecular weight is 220 g/mol. The second kappa shape index (κ2) is 5.43. The van der Waals surface area contributed by atoms with Gasteiger partial charge in [0.25, 0.3) is 0 Å². The Kier molecular flexibility index (Phi) is 3.93. The molecule has 0 radical (unpaired) electrons. The molecule has 0 saturated carbocycles. The van der Waals surface area contributed by atoms with E-state index in [0.717, 1.165) is 26.1 Å². The summed E-state index contributed by atoms with van der Waals surface area (Å²) in [6, 6.07) is 10.7. The summed E-state index contributed by atoms with van der Waals surface area (Å²) in [5, 5.41) is 0. The number of hydrogen-bond acceptors (Lipinski definition) is 3. The van der Waals surface area contributed by atoms with E-state index < -0.39 is 0 Å². The fourth-order valence-electron chi connectivity index (χ4n) is 2.32. The van der Waals surface area contributed by atoms with Crippen LogP contribution in [0.2, 0.25) is 0 Å². The zero-order valence-electron chi connectivity index (χ0n) is 9.80. The molecule has 3 heteroatoms. The van der Waals surface area contributed by atoms with Gasteiger partial charge >= 0.3 is 0 Å². The summed E-state index contributed by atoms with van der Waals surface area (Å²) in [6.45, 7) is 2.92. The third-order valence-electron chi connectivity index (χ3n) is 3.10. The van der Waals surface area contributed by atoms with E-state index in [2.05, 4.69) is 29.2 Å². The first-order valence-corrected chi connectivity index (χ1v) is 5.82. The van der Waals surface area contributed by atoms with Crippen molar-refractivity contribution in [2.24, 2.45) is 5.73 Å². The maximum Gasteiger partial charge on any atom is 0.0713 e. The number of piperidine rings is 1. The Morgan fingerprint density at radius 3 is 2.75 bits per heavy atom. The Hall–Kier alpha value is -0.900. The van der Waals surface area contributed by atoms with Crippen molar-refractivity contribution in [1.29, 1.82) is 0 Å². The van der Waals surface area contributed by atoms with Crippen molar-refractivity contribution in [3.8, 4) is 0 Å². The molecule has 0 bridgehead atoms. The molecule has 1 heterocycles. The van der Waals surface area contributed by atoms with Gasteiger partial charge < -0.3 is 10.5 Å². The molecule has 1 aliphatic rings. The van der Waals surface area contributed by atoms with Gasteiger partial charge in [-0.25, -0.2) is 0 Å². The van der Waals surface area contributed by atoms with E-state index in [-0.39, 0.29) is 12.1 Å². The molecule has 1 saturated heterocycles. The highest BCUT2D eigenvalue weighted by Gasteiger charge is 2.24. The molecular formula is C13H20N2O. The van der Waals surface area contributed by atoms with Gasteiger partial charge in [0.1, 0.15) is 0 Å². The molecule has 88 valence electrons. The van der Waals surface area contributed by atoms with Crippen LogP contribution in [-0.2, 0) is 11.3 Å². The lowest BCUT2D eigenvalue weighted by atomic mass is 10.0. The number of rotatable bonds is 3. The molecule has 3 nitrogen and oxygen atoms in total. The number of benzene rings is 1. The lowest BCUT2D eigenvalue weighted by Crippen LogP contribution is -2.49. The predicted molar refractivity (Wildman–Crippen MR) is 65.1 cm³/mol. The summed E-state index contributed by atoms with van der Waals surface area (Å²) >= 11 is 0. The maximum absolute atomic E-state index is 6.02. The minimum Gasteiger partial charge on any atom is -0.380 e. The Morgan fingerprint density at radius 1 is 1.31 bits per heavy atom. The third-order valence-corrected chi connectivity index (χ3v) is 3.10. The van der Waals surface area contributed by atoms with Crippen molar-refractivity contribution in [2.45, 2.75) is 25.1 Å². The molecule has 16 heavy (non-hydrogen) atoms. The number of likely N-dealkylation sites (tertiary alicyclic amines) is 1. The van der Waals surface area contributed by atoms with E-state index in [1.54, 1.807) is 7.11 Å². The van der Waals surface area contributed by atoms with Crippen LogP contribution in [0.15, 0.2) is 30.3 Å². The molecule has 0 amide bonds. The molecular weight excluding hydrogens is 200 g/mol. The van der Waals surface area contributed by atoms with Gasteiger partial charge in [-0.05, 0) is 12.0 Å². The standard InChI is InChI=1S/C13H20N2O/c1-16-13-7-12(14)9-15(10-13)8-11-5-3-2-4-6-11/h2-6,12-13H,7-10,14H2,1H3/t12-,13+/m0/s1. The minimum atomic E-state index is 0.238. The SMILES string of the molecule is CO[C@@H]1C[C@H](N)CN(Cc2ccccc2)C1. The van der Waals surface area contributed by atoms with Crippen molar-refractivity contribution >= 4 is 0 Å². The van der Waals surface area contributed by atoms with Crippen molar-refractivity contribution < 1.29 is 4.74 Å². The third kappa shape index (κ3) is 3.04. The van der Waals surface area contributed by atoms with E-state index in [9.17, 15) is 0 Å². The van der Waals surface area contributed by atoms with Crippen LogP contribution in [0.1, 0.15) is 12.0 Å². The molecule has 2 atom stereocenters. The highest BCUT2D eigenvalue weighted by atomic mass is 16.5. The fraction of sp³-hybridized carbons (Fsp3) is 0.538. The van der Waals surface area contributed by atoms with Crippen LogP contribution in [-0.4, -0.2) is 37.2 Å². The van der Waals surface area contributed by atoms with Gasteiger partial charge in [0.05, 0.1) is 6.10 Å². The summed E-state index contributed by atoms with van der Waals surface area (Å²) < 4.78 is 5.41. The number of methoxy groups -OCH3 is 1. The van der Waals surface area contributed by atoms with Gasteiger partial charge in [0.15, 0.2) is 0 Å². The van der Waals surface area contributed by atoms with Gasteiger partial charge in [0.2, 0.25) is 0 Å². The number of ether oxygens (including phenoxy) is 1. The molecule has 0 aliphatic carbocycles. The first-order chi connectivity index (χ1) is 7.78. The Balaban J connectivity index is 1.94. The van der Waals surface area contributed by atoms with Crippen molar-refractivity contribution in [3.05, 3.63) is 35.9 Å². The van der Waals surface area contributed by atoms with Gasteiger partial charge in [-0.2, -0.15) is 0 Å². The largest absolute Gasteiger partial charge is 0.380 e. The van der Waals surface area contributed by atoms with Crippen LogP contribution < -0.4 is 5.73 Å². The number of nitrogens with zero attached hydrogens (tertiary/aromatic N) is 1. The zero-order chi connectivity index (χ0) is 11.4. The normalized spacial score (nSPS) is 26.9. The molecule has 1 aliphatic heterocycles. The van der Waals surface area contributed by atoms with Crippen LogP contribution >= 0.6 is 0 Å². The van der Waals surface area contributed by atoms with Gasteiger partial charge in [-0.3, -0.25) is 4.90 Å². The van der Waals surface area contributed by atoms with E-state index >= 15 is 0 Å². The Bertz CT molecular complexity index is 315. The fourth-order valence-corrected chi connectivity index (χ4v) is 2.32. The second-order valence-corrected chi connectivity index (χ2v) is 4.53. The van der Waals surface area contributed by atoms with Crippen LogP contribution in [0.25, 0.3) is 0 Å². The second-order valence-electron chi connectivity index (χ2n) is 4.53. The molecule has 0 unspecified atom stereocenters. The zero-order valence-corrected chi connectivity index (χ0v) is 9.80. The highest BCUT2D eigenvalue weighted by Crippen LogP contribution is 2.14. The molecule has 1 fully saturated rings. The molecule has 2 N–H and O–H groups in total. The minimum absolute atomic E-state index is 0.238. The summed E-state index contributed by atoms with van der Waals surface area (Å²) in [5.41, 5.74) is 7.36. The van der Waals surface area contributed by atoms with Crippen LogP contribution in [0, 0.1) is 0 Å². The van der Waals surface area contributed by atoms with E-state index in [0.29, 0.717) is 0 Å². The first kappa shape index (κ1) is 11.6. The number of hydrogen-bond donors (Lipinski definition) is 1. The van der Waals surface area contributed by atoms with Crippen molar-refractivity contribution in [2.75, 3.05) is 20.2 Å². The molecule has 0 spiro atoms. The smallest absolute Gasteiger partial charge is 0.0713 e. The predicted octanol–water partition coefficient (Wildman–Crippen LogP) is 1.23. The monoisotopic (exact) mass is 220 g/mol. The Labute approximate surface area is 97.2 Å². The van der Waals surface area contributed by atoms with E-state index in [1.165, 1.54) is 5.56 Å². The van der Waals surface area contributed by atoms with Gasteiger partial charge in [0, 0.05) is 32.8 Å². The van der Waals surface area contributed by atoms with Gasteiger partial charge in [-0.15, -0.1) is 0 Å². The summed E-state index contributed by atoms with van der Waals surface area (Å²) in [4.78, 5) is 2.37. The van der Waals surface area contributed by atoms with E-state index in [1.807, 2.05) is 6.07 Å². The molecule has 1 aromatic rings. The van der Waals surface area contributed by atoms with Gasteiger partial charge in [-0.1, -0.05) is 30.3 Å². The topological polar surface area (TPSA) is 38.5 Å². The summed E-state index contributed by atoms with van der Waals surface area (Å²) in [6.07, 6.45) is 1.26. The average Bonchev–Trinajstić information content (AvgIpc) is 2.29. The van der Waals surface area contributed by atoms with Crippen LogP contribution in [0.3, 0.4) is 0 Å². The molecule has 1 aromatic carbocycles. The quantitative estimate of drug-likeness (QED) is 0.833. The maximum atomic E-state index is 6.02. The van der Waals surface area contributed by atoms with E-state index in [4.69, 9.17) is 10.5 Å². The number of nitrogens with two attached hydrogens (primary N) is 1. The Morgan fingerprint density at radius 2 is 2.06 bits per heavy atom. The van der Waals surface area contributed by atoms with Crippen LogP contribution in [0.5, 0.6) is 0 Å². The molecule has 2 rings (SSSR count). The highest BCUT2D eigenvalue weighted by molar-refractivity contribution is 5.14.